The number of nitrogens with one attached hydrogen (secondary N) is 1. The largest absolute Gasteiger partial charge is 0.299 e. The van der Waals surface area contributed by atoms with E-state index in [9.17, 15) is 17.6 Å². The third-order valence-corrected chi connectivity index (χ3v) is 7.74. The van der Waals surface area contributed by atoms with Crippen LogP contribution in [-0.2, 0) is 21.2 Å². The predicted octanol–water partition coefficient (Wildman–Crippen LogP) is 5.74. The minimum absolute atomic E-state index is 0.0318. The van der Waals surface area contributed by atoms with E-state index in [-0.39, 0.29) is 34.8 Å². The van der Waals surface area contributed by atoms with Crippen LogP contribution in [0.1, 0.15) is 23.5 Å². The van der Waals surface area contributed by atoms with Crippen LogP contribution in [-0.4, -0.2) is 19.2 Å². The Morgan fingerprint density at radius 1 is 1.06 bits per heavy atom. The normalized spacial score (nSPS) is 17.5. The van der Waals surface area contributed by atoms with Crippen LogP contribution in [0.3, 0.4) is 0 Å². The van der Waals surface area contributed by atoms with Gasteiger partial charge in [-0.1, -0.05) is 48.0 Å². The summed E-state index contributed by atoms with van der Waals surface area (Å²) in [5, 5.41) is 2.53. The van der Waals surface area contributed by atoms with E-state index < -0.39 is 15.8 Å². The van der Waals surface area contributed by atoms with Crippen LogP contribution in [0.2, 0.25) is 5.02 Å². The molecule has 5 nitrogen and oxygen atoms in total. The Morgan fingerprint density at radius 3 is 2.68 bits per heavy atom. The molecule has 1 saturated carbocycles. The summed E-state index contributed by atoms with van der Waals surface area (Å²) in [5.74, 6) is -0.997. The first kappa shape index (κ1) is 22.5. The maximum atomic E-state index is 14.9. The Kier molecular flexibility index (Phi) is 5.83. The van der Waals surface area contributed by atoms with E-state index in [1.807, 2.05) is 36.4 Å². The van der Waals surface area contributed by atoms with Gasteiger partial charge < -0.3 is 0 Å². The molecule has 5 rings (SSSR count). The molecule has 0 saturated heterocycles. The molecule has 4 aromatic rings. The highest BCUT2D eigenvalue weighted by atomic mass is 35.5. The van der Waals surface area contributed by atoms with Gasteiger partial charge in [-0.15, -0.1) is 0 Å². The lowest BCUT2D eigenvalue weighted by Gasteiger charge is -2.09. The van der Waals surface area contributed by atoms with Crippen LogP contribution in [0.5, 0.6) is 0 Å². The van der Waals surface area contributed by atoms with Crippen LogP contribution in [0.4, 0.5) is 10.2 Å². The number of benzene rings is 3. The van der Waals surface area contributed by atoms with Crippen molar-refractivity contribution in [1.29, 1.82) is 0 Å². The van der Waals surface area contributed by atoms with Crippen molar-refractivity contribution in [2.45, 2.75) is 23.7 Å². The molecule has 3 aromatic carbocycles. The van der Waals surface area contributed by atoms with Crippen molar-refractivity contribution in [1.82, 2.24) is 4.98 Å². The zero-order chi connectivity index (χ0) is 23.9. The molecule has 34 heavy (non-hydrogen) atoms. The molecule has 1 fully saturated rings. The third-order valence-electron chi connectivity index (χ3n) is 6.06. The second kappa shape index (κ2) is 8.81. The lowest BCUT2D eigenvalue weighted by Crippen LogP contribution is -2.14. The molecule has 1 aliphatic carbocycles. The van der Waals surface area contributed by atoms with Gasteiger partial charge in [0.1, 0.15) is 17.4 Å². The molecule has 1 unspecified atom stereocenters. The molecule has 0 amide bonds. The van der Waals surface area contributed by atoms with Gasteiger partial charge in [0.15, 0.2) is 0 Å². The lowest BCUT2D eigenvalue weighted by molar-refractivity contribution is -0.119. The Morgan fingerprint density at radius 2 is 1.91 bits per heavy atom. The van der Waals surface area contributed by atoms with Gasteiger partial charge in [0, 0.05) is 28.9 Å². The molecule has 1 N–H and O–H groups in total. The number of ketones is 1. The van der Waals surface area contributed by atoms with Crippen LogP contribution in [0.15, 0.2) is 83.9 Å². The first-order valence-corrected chi connectivity index (χ1v) is 12.6. The quantitative estimate of drug-likeness (QED) is 0.355. The van der Waals surface area contributed by atoms with E-state index in [0.717, 1.165) is 22.4 Å². The molecule has 172 valence electrons. The number of halogens is 2. The van der Waals surface area contributed by atoms with Gasteiger partial charge in [-0.25, -0.2) is 17.8 Å². The molecule has 2 atom stereocenters. The molecule has 1 aromatic heterocycles. The van der Waals surface area contributed by atoms with E-state index in [1.165, 1.54) is 24.4 Å². The van der Waals surface area contributed by atoms with Crippen molar-refractivity contribution in [3.8, 4) is 0 Å². The number of sulfonamides is 1. The molecule has 1 heterocycles. The SMILES string of the molecule is O=C(Cc1ccc2cccc(Cl)c2c1)[C@@H]1CC1c1ccc(S(=O)(=O)Nc2ccccn2)cc1F. The van der Waals surface area contributed by atoms with Gasteiger partial charge in [-0.2, -0.15) is 0 Å². The maximum absolute atomic E-state index is 14.9. The molecule has 1 aliphatic rings. The third kappa shape index (κ3) is 4.54. The number of hydrogen-bond acceptors (Lipinski definition) is 4. The summed E-state index contributed by atoms with van der Waals surface area (Å²) in [7, 11) is -3.98. The van der Waals surface area contributed by atoms with Crippen LogP contribution >= 0.6 is 11.6 Å². The molecule has 0 bridgehead atoms. The van der Waals surface area contributed by atoms with Crippen molar-refractivity contribution in [3.05, 3.63) is 101 Å². The van der Waals surface area contributed by atoms with Gasteiger partial charge in [0.2, 0.25) is 0 Å². The summed E-state index contributed by atoms with van der Waals surface area (Å²) < 4.78 is 42.3. The van der Waals surface area contributed by atoms with E-state index in [0.29, 0.717) is 17.0 Å². The zero-order valence-corrected chi connectivity index (χ0v) is 19.5. The molecule has 0 aliphatic heterocycles. The van der Waals surface area contributed by atoms with Crippen molar-refractivity contribution in [3.63, 3.8) is 0 Å². The fraction of sp³-hybridized carbons (Fsp3) is 0.154. The summed E-state index contributed by atoms with van der Waals surface area (Å²) >= 11 is 6.27. The standard InChI is InChI=1S/C26H20ClFN2O3S/c27-23-5-3-4-17-8-7-16(12-20(17)23)13-25(31)22-15-21(22)19-10-9-18(14-24(19)28)34(32,33)30-26-6-1-2-11-29-26/h1-12,14,21-22H,13,15H2,(H,29,30)/t21?,22-/m1/s1. The van der Waals surface area contributed by atoms with Crippen LogP contribution in [0, 0.1) is 11.7 Å². The monoisotopic (exact) mass is 494 g/mol. The topological polar surface area (TPSA) is 76.1 Å². The summed E-state index contributed by atoms with van der Waals surface area (Å²) in [6.45, 7) is 0. The van der Waals surface area contributed by atoms with E-state index >= 15 is 0 Å². The molecular formula is C26H20ClFN2O3S. The predicted molar refractivity (Wildman–Crippen MR) is 130 cm³/mol. The average molecular weight is 495 g/mol. The first-order valence-electron chi connectivity index (χ1n) is 10.7. The minimum atomic E-state index is -3.98. The minimum Gasteiger partial charge on any atom is -0.299 e. The highest BCUT2D eigenvalue weighted by molar-refractivity contribution is 7.92. The highest BCUT2D eigenvalue weighted by Gasteiger charge is 2.44. The van der Waals surface area contributed by atoms with E-state index in [2.05, 4.69) is 9.71 Å². The van der Waals surface area contributed by atoms with Gasteiger partial charge >= 0.3 is 0 Å². The highest BCUT2D eigenvalue weighted by Crippen LogP contribution is 2.49. The summed E-state index contributed by atoms with van der Waals surface area (Å²) in [4.78, 5) is 16.6. The molecular weight excluding hydrogens is 475 g/mol. The number of aromatic nitrogens is 1. The van der Waals surface area contributed by atoms with Crippen molar-refractivity contribution >= 4 is 44.0 Å². The number of pyridine rings is 1. The van der Waals surface area contributed by atoms with E-state index in [4.69, 9.17) is 11.6 Å². The lowest BCUT2D eigenvalue weighted by atomic mass is 10.00. The van der Waals surface area contributed by atoms with Crippen LogP contribution < -0.4 is 4.72 Å². The van der Waals surface area contributed by atoms with Gasteiger partial charge in [-0.3, -0.25) is 9.52 Å². The zero-order valence-electron chi connectivity index (χ0n) is 17.9. The summed E-state index contributed by atoms with van der Waals surface area (Å²) in [6, 6.07) is 20.0. The molecule has 0 spiro atoms. The fourth-order valence-corrected chi connectivity index (χ4v) is 5.47. The van der Waals surface area contributed by atoms with Crippen molar-refractivity contribution < 1.29 is 17.6 Å². The van der Waals surface area contributed by atoms with Crippen molar-refractivity contribution in [2.24, 2.45) is 5.92 Å². The molecule has 0 radical (unpaired) electrons. The van der Waals surface area contributed by atoms with Gasteiger partial charge in [-0.05, 0) is 65.3 Å². The first-order chi connectivity index (χ1) is 16.3. The maximum Gasteiger partial charge on any atom is 0.263 e. The second-order valence-corrected chi connectivity index (χ2v) is 10.5. The Balaban J connectivity index is 1.29. The number of carbonyl (C=O) groups excluding carboxylic acids is 1. The number of carbonyl (C=O) groups is 1. The smallest absolute Gasteiger partial charge is 0.263 e. The number of nitrogens with zero attached hydrogens (tertiary/aromatic N) is 1. The number of Topliss-reactive ketones (excluding diaryl/α,β-unsaturated/α-hetero) is 1. The Bertz CT molecular complexity index is 1510. The number of anilines is 1. The second-order valence-electron chi connectivity index (χ2n) is 8.39. The number of fused-ring (bicyclic) bond motifs is 1. The van der Waals surface area contributed by atoms with Gasteiger partial charge in [0.05, 0.1) is 4.90 Å². The summed E-state index contributed by atoms with van der Waals surface area (Å²) in [5.41, 5.74) is 1.22. The van der Waals surface area contributed by atoms with Crippen LogP contribution in [0.25, 0.3) is 10.8 Å². The Labute approximate surface area is 201 Å². The van der Waals surface area contributed by atoms with Crippen molar-refractivity contribution in [2.75, 3.05) is 4.72 Å². The Hall–Kier alpha value is -3.29. The number of hydrogen-bond donors (Lipinski definition) is 1. The molecule has 8 heteroatoms. The number of rotatable bonds is 7. The van der Waals surface area contributed by atoms with Gasteiger partial charge in [0.25, 0.3) is 10.0 Å². The van der Waals surface area contributed by atoms with E-state index in [1.54, 1.807) is 12.1 Å². The fourth-order valence-electron chi connectivity index (χ4n) is 4.21. The average Bonchev–Trinajstić information content (AvgIpc) is 3.61. The summed E-state index contributed by atoms with van der Waals surface area (Å²) in [6.07, 6.45) is 2.24.